The molecule has 2 aromatic heterocycles. The average Bonchev–Trinajstić information content (AvgIpc) is 2.89. The molecule has 166 valence electrons. The molecule has 2 aromatic carbocycles. The number of morpholine rings is 1. The fourth-order valence-corrected chi connectivity index (χ4v) is 3.83. The predicted molar refractivity (Wildman–Crippen MR) is 127 cm³/mol. The normalized spacial score (nSPS) is 13.7. The molecule has 0 spiro atoms. The van der Waals surface area contributed by atoms with E-state index in [1.807, 2.05) is 30.3 Å². The zero-order chi connectivity index (χ0) is 22.6. The summed E-state index contributed by atoms with van der Waals surface area (Å²) in [6.45, 7) is 2.86. The predicted octanol–water partition coefficient (Wildman–Crippen LogP) is 3.79. The first-order valence-corrected chi connectivity index (χ1v) is 10.7. The van der Waals surface area contributed by atoms with E-state index in [9.17, 15) is 4.79 Å². The number of nitrogens with zero attached hydrogens (tertiary/aromatic N) is 4. The highest BCUT2D eigenvalue weighted by Gasteiger charge is 2.17. The molecule has 0 aliphatic carbocycles. The van der Waals surface area contributed by atoms with Crippen molar-refractivity contribution in [2.45, 2.75) is 0 Å². The number of benzene rings is 2. The quantitative estimate of drug-likeness (QED) is 0.504. The number of hydrogen-bond donors (Lipinski definition) is 1. The van der Waals surface area contributed by atoms with Crippen molar-refractivity contribution in [1.29, 1.82) is 0 Å². The van der Waals surface area contributed by atoms with Crippen LogP contribution >= 0.6 is 0 Å². The lowest BCUT2D eigenvalue weighted by Gasteiger charge is -2.26. The largest absolute Gasteiger partial charge is 0.497 e. The molecule has 1 saturated heterocycles. The third-order valence-electron chi connectivity index (χ3n) is 5.59. The van der Waals surface area contributed by atoms with Gasteiger partial charge in [-0.1, -0.05) is 24.3 Å². The summed E-state index contributed by atoms with van der Waals surface area (Å²) in [5.41, 5.74) is 2.19. The second-order valence-electron chi connectivity index (χ2n) is 7.59. The number of ether oxygens (including phenoxy) is 2. The Morgan fingerprint density at radius 2 is 1.76 bits per heavy atom. The van der Waals surface area contributed by atoms with E-state index >= 15 is 0 Å². The van der Waals surface area contributed by atoms with Crippen molar-refractivity contribution in [2.24, 2.45) is 0 Å². The van der Waals surface area contributed by atoms with Gasteiger partial charge in [0.05, 0.1) is 26.0 Å². The van der Waals surface area contributed by atoms with Crippen molar-refractivity contribution in [2.75, 3.05) is 43.6 Å². The van der Waals surface area contributed by atoms with E-state index in [2.05, 4.69) is 20.2 Å². The minimum absolute atomic E-state index is 0.236. The molecule has 0 atom stereocenters. The average molecular weight is 441 g/mol. The monoisotopic (exact) mass is 441 g/mol. The first-order chi connectivity index (χ1) is 16.2. The van der Waals surface area contributed by atoms with E-state index in [1.54, 1.807) is 43.8 Å². The molecule has 1 fully saturated rings. The number of anilines is 2. The van der Waals surface area contributed by atoms with Crippen LogP contribution in [0.3, 0.4) is 0 Å². The fourth-order valence-electron chi connectivity index (χ4n) is 3.83. The Bertz CT molecular complexity index is 1290. The maximum atomic E-state index is 12.8. The molecule has 0 radical (unpaired) electrons. The summed E-state index contributed by atoms with van der Waals surface area (Å²) < 4.78 is 10.6. The summed E-state index contributed by atoms with van der Waals surface area (Å²) in [7, 11) is 1.59. The van der Waals surface area contributed by atoms with Gasteiger partial charge >= 0.3 is 0 Å². The number of rotatable bonds is 5. The number of fused-ring (bicyclic) bond motifs is 1. The minimum atomic E-state index is -0.236. The maximum Gasteiger partial charge on any atom is 0.256 e. The van der Waals surface area contributed by atoms with E-state index in [0.29, 0.717) is 36.3 Å². The highest BCUT2D eigenvalue weighted by molar-refractivity contribution is 6.10. The number of carbonyl (C=O) groups is 1. The van der Waals surface area contributed by atoms with Crippen LogP contribution in [0.2, 0.25) is 0 Å². The van der Waals surface area contributed by atoms with Crippen LogP contribution < -0.4 is 15.0 Å². The molecule has 0 bridgehead atoms. The Balaban J connectivity index is 1.48. The lowest BCUT2D eigenvalue weighted by molar-refractivity contribution is 0.102. The molecule has 3 heterocycles. The second-order valence-corrected chi connectivity index (χ2v) is 7.59. The van der Waals surface area contributed by atoms with Crippen LogP contribution in [0.25, 0.3) is 22.0 Å². The van der Waals surface area contributed by atoms with Gasteiger partial charge in [-0.2, -0.15) is 0 Å². The van der Waals surface area contributed by atoms with Crippen molar-refractivity contribution in [3.63, 3.8) is 0 Å². The number of hydrogen-bond acceptors (Lipinski definition) is 7. The van der Waals surface area contributed by atoms with Crippen LogP contribution in [0.4, 0.5) is 11.8 Å². The molecule has 0 saturated carbocycles. The van der Waals surface area contributed by atoms with Crippen LogP contribution in [0.5, 0.6) is 5.75 Å². The molecule has 8 nitrogen and oxygen atoms in total. The molecule has 1 N–H and O–H groups in total. The molecule has 8 heteroatoms. The Hall–Kier alpha value is -4.04. The molecule has 0 unspecified atom stereocenters. The van der Waals surface area contributed by atoms with Gasteiger partial charge in [-0.15, -0.1) is 0 Å². The molecule has 1 amide bonds. The lowest BCUT2D eigenvalue weighted by Crippen LogP contribution is -2.37. The van der Waals surface area contributed by atoms with Gasteiger partial charge < -0.3 is 19.7 Å². The lowest BCUT2D eigenvalue weighted by atomic mass is 10.0. The van der Waals surface area contributed by atoms with Crippen LogP contribution in [0.1, 0.15) is 10.4 Å². The van der Waals surface area contributed by atoms with Gasteiger partial charge in [0, 0.05) is 42.0 Å². The van der Waals surface area contributed by atoms with Crippen molar-refractivity contribution < 1.29 is 14.3 Å². The summed E-state index contributed by atoms with van der Waals surface area (Å²) in [5, 5.41) is 4.72. The summed E-state index contributed by atoms with van der Waals surface area (Å²) in [6.07, 6.45) is 3.51. The third-order valence-corrected chi connectivity index (χ3v) is 5.59. The van der Waals surface area contributed by atoms with Crippen LogP contribution in [0.15, 0.2) is 67.0 Å². The Morgan fingerprint density at radius 3 is 2.52 bits per heavy atom. The molecular formula is C25H23N5O3. The number of nitrogens with one attached hydrogen (secondary N) is 1. The maximum absolute atomic E-state index is 12.8. The second kappa shape index (κ2) is 9.22. The Kier molecular flexibility index (Phi) is 5.82. The van der Waals surface area contributed by atoms with Crippen LogP contribution in [-0.2, 0) is 4.74 Å². The van der Waals surface area contributed by atoms with Crippen molar-refractivity contribution >= 4 is 28.4 Å². The number of amides is 1. The topological polar surface area (TPSA) is 89.5 Å². The first kappa shape index (κ1) is 20.8. The fraction of sp³-hybridized carbons (Fsp3) is 0.200. The summed E-state index contributed by atoms with van der Waals surface area (Å²) >= 11 is 0. The number of pyridine rings is 1. The van der Waals surface area contributed by atoms with Gasteiger partial charge in [0.1, 0.15) is 11.6 Å². The van der Waals surface area contributed by atoms with Crippen LogP contribution in [0, 0.1) is 0 Å². The van der Waals surface area contributed by atoms with Crippen molar-refractivity contribution in [3.8, 4) is 17.0 Å². The van der Waals surface area contributed by atoms with E-state index < -0.39 is 0 Å². The van der Waals surface area contributed by atoms with Gasteiger partial charge in [0.2, 0.25) is 5.95 Å². The van der Waals surface area contributed by atoms with E-state index in [4.69, 9.17) is 14.5 Å². The van der Waals surface area contributed by atoms with Gasteiger partial charge in [-0.25, -0.2) is 15.0 Å². The van der Waals surface area contributed by atoms with Crippen molar-refractivity contribution in [3.05, 3.63) is 72.6 Å². The number of methoxy groups -OCH3 is 1. The highest BCUT2D eigenvalue weighted by atomic mass is 16.5. The highest BCUT2D eigenvalue weighted by Crippen LogP contribution is 2.31. The smallest absolute Gasteiger partial charge is 0.256 e. The molecular weight excluding hydrogens is 418 g/mol. The molecule has 1 aliphatic rings. The van der Waals surface area contributed by atoms with Gasteiger partial charge in [-0.05, 0) is 35.7 Å². The van der Waals surface area contributed by atoms with E-state index in [0.717, 1.165) is 35.1 Å². The van der Waals surface area contributed by atoms with E-state index in [-0.39, 0.29) is 5.91 Å². The minimum Gasteiger partial charge on any atom is -0.497 e. The zero-order valence-electron chi connectivity index (χ0n) is 18.2. The molecule has 1 aliphatic heterocycles. The van der Waals surface area contributed by atoms with Gasteiger partial charge in [-0.3, -0.25) is 4.79 Å². The Labute approximate surface area is 191 Å². The third kappa shape index (κ3) is 4.33. The Morgan fingerprint density at radius 1 is 1.00 bits per heavy atom. The van der Waals surface area contributed by atoms with Crippen molar-refractivity contribution in [1.82, 2.24) is 15.0 Å². The summed E-state index contributed by atoms with van der Waals surface area (Å²) in [6, 6.07) is 16.7. The van der Waals surface area contributed by atoms with Gasteiger partial charge in [0.25, 0.3) is 5.91 Å². The molecule has 4 aromatic rings. The van der Waals surface area contributed by atoms with E-state index in [1.165, 1.54) is 0 Å². The summed E-state index contributed by atoms with van der Waals surface area (Å²) in [5.74, 6) is 1.63. The zero-order valence-corrected chi connectivity index (χ0v) is 18.2. The first-order valence-electron chi connectivity index (χ1n) is 10.7. The SMILES string of the molecule is COc1ccc(C(=O)Nc2ncc(-c3ccnc(N4CCOCC4)n3)c3ccccc23)cc1. The van der Waals surface area contributed by atoms with Gasteiger partial charge in [0.15, 0.2) is 0 Å². The van der Waals surface area contributed by atoms with Crippen LogP contribution in [-0.4, -0.2) is 54.3 Å². The standard InChI is InChI=1S/C25H23N5O3/c1-32-18-8-6-17(7-9-18)24(31)29-23-20-5-3-2-4-19(20)21(16-27-23)22-10-11-26-25(28-22)30-12-14-33-15-13-30/h2-11,16H,12-15H2,1H3,(H,27,29,31). The number of aromatic nitrogens is 3. The summed E-state index contributed by atoms with van der Waals surface area (Å²) in [4.78, 5) is 28.7. The molecule has 33 heavy (non-hydrogen) atoms. The number of carbonyl (C=O) groups excluding carboxylic acids is 1. The molecule has 5 rings (SSSR count).